The normalized spacial score (nSPS) is 18.5. The first-order chi connectivity index (χ1) is 12.5. The SMILES string of the molecule is CC[C@@H]1c2c(SCC(=O)Nc3ccc(OC)cc3)nc(C)nc2S[C@H]1C. The van der Waals surface area contributed by atoms with E-state index in [4.69, 9.17) is 4.74 Å². The van der Waals surface area contributed by atoms with Crippen molar-refractivity contribution in [3.05, 3.63) is 35.7 Å². The molecule has 0 fully saturated rings. The molecule has 7 heteroatoms. The number of nitrogens with zero attached hydrogens (tertiary/aromatic N) is 2. The van der Waals surface area contributed by atoms with Crippen LogP contribution in [0.15, 0.2) is 34.3 Å². The van der Waals surface area contributed by atoms with Gasteiger partial charge in [-0.1, -0.05) is 25.6 Å². The number of methoxy groups -OCH3 is 1. The predicted molar refractivity (Wildman–Crippen MR) is 107 cm³/mol. The van der Waals surface area contributed by atoms with Gasteiger partial charge < -0.3 is 10.1 Å². The van der Waals surface area contributed by atoms with E-state index >= 15 is 0 Å². The van der Waals surface area contributed by atoms with Crippen LogP contribution in [-0.2, 0) is 4.79 Å². The summed E-state index contributed by atoms with van der Waals surface area (Å²) in [5, 5.41) is 5.44. The van der Waals surface area contributed by atoms with E-state index in [-0.39, 0.29) is 5.91 Å². The third-order valence-corrected chi connectivity index (χ3v) is 6.60. The number of nitrogens with one attached hydrogen (secondary N) is 1. The fourth-order valence-corrected chi connectivity index (χ4v) is 5.49. The number of hydrogen-bond acceptors (Lipinski definition) is 6. The molecule has 26 heavy (non-hydrogen) atoms. The standard InChI is InChI=1S/C19H23N3O2S2/c1-5-15-11(2)26-19-17(15)18(20-12(3)21-19)25-10-16(23)22-13-6-8-14(24-4)9-7-13/h6-9,11,15H,5,10H2,1-4H3,(H,22,23)/t11-,15-/m0/s1. The van der Waals surface area contributed by atoms with Gasteiger partial charge in [-0.25, -0.2) is 9.97 Å². The Labute approximate surface area is 162 Å². The lowest BCUT2D eigenvalue weighted by atomic mass is 9.96. The van der Waals surface area contributed by atoms with Gasteiger partial charge in [0, 0.05) is 22.4 Å². The number of thioether (sulfide) groups is 2. The van der Waals surface area contributed by atoms with E-state index < -0.39 is 0 Å². The lowest BCUT2D eigenvalue weighted by Gasteiger charge is -2.15. The van der Waals surface area contributed by atoms with Crippen molar-refractivity contribution in [2.24, 2.45) is 0 Å². The molecule has 2 aromatic rings. The maximum atomic E-state index is 12.3. The average Bonchev–Trinajstić information content (AvgIpc) is 2.95. The van der Waals surface area contributed by atoms with Crippen LogP contribution in [0.5, 0.6) is 5.75 Å². The van der Waals surface area contributed by atoms with Crippen LogP contribution in [-0.4, -0.2) is 34.0 Å². The molecular weight excluding hydrogens is 366 g/mol. The molecule has 0 saturated carbocycles. The molecule has 2 atom stereocenters. The molecule has 0 radical (unpaired) electrons. The second-order valence-corrected chi connectivity index (χ2v) is 8.53. The molecule has 1 aromatic carbocycles. The molecule has 0 bridgehead atoms. The Morgan fingerprint density at radius 2 is 2.04 bits per heavy atom. The minimum absolute atomic E-state index is 0.0445. The maximum Gasteiger partial charge on any atom is 0.234 e. The Hall–Kier alpha value is -1.73. The molecule has 2 heterocycles. The molecule has 1 aliphatic rings. The number of amides is 1. The molecule has 0 spiro atoms. The number of ether oxygens (including phenoxy) is 1. The fraction of sp³-hybridized carbons (Fsp3) is 0.421. The van der Waals surface area contributed by atoms with Crippen molar-refractivity contribution in [1.29, 1.82) is 0 Å². The average molecular weight is 390 g/mol. The third kappa shape index (κ3) is 4.15. The van der Waals surface area contributed by atoms with Gasteiger partial charge >= 0.3 is 0 Å². The summed E-state index contributed by atoms with van der Waals surface area (Å²) in [5.74, 6) is 2.25. The summed E-state index contributed by atoms with van der Waals surface area (Å²) < 4.78 is 5.13. The van der Waals surface area contributed by atoms with E-state index in [1.165, 1.54) is 17.3 Å². The van der Waals surface area contributed by atoms with Crippen molar-refractivity contribution in [3.8, 4) is 5.75 Å². The van der Waals surface area contributed by atoms with Gasteiger partial charge in [-0.3, -0.25) is 4.79 Å². The molecule has 0 aliphatic carbocycles. The monoisotopic (exact) mass is 389 g/mol. The summed E-state index contributed by atoms with van der Waals surface area (Å²) in [6, 6.07) is 7.32. The van der Waals surface area contributed by atoms with E-state index in [0.29, 0.717) is 16.9 Å². The Morgan fingerprint density at radius 3 is 2.69 bits per heavy atom. The summed E-state index contributed by atoms with van der Waals surface area (Å²) in [4.78, 5) is 21.6. The first-order valence-corrected chi connectivity index (χ1v) is 10.5. The van der Waals surface area contributed by atoms with Crippen molar-refractivity contribution in [2.75, 3.05) is 18.2 Å². The van der Waals surface area contributed by atoms with Crippen LogP contribution in [0.2, 0.25) is 0 Å². The van der Waals surface area contributed by atoms with Gasteiger partial charge in [0.15, 0.2) is 0 Å². The second-order valence-electron chi connectivity index (χ2n) is 6.20. The van der Waals surface area contributed by atoms with Crippen LogP contribution in [0.25, 0.3) is 0 Å². The molecule has 5 nitrogen and oxygen atoms in total. The zero-order chi connectivity index (χ0) is 18.7. The molecule has 1 amide bonds. The summed E-state index contributed by atoms with van der Waals surface area (Å²) in [5.41, 5.74) is 1.98. The first-order valence-electron chi connectivity index (χ1n) is 8.63. The molecular formula is C19H23N3O2S2. The first kappa shape index (κ1) is 19.0. The summed E-state index contributed by atoms with van der Waals surface area (Å²) in [6.07, 6.45) is 1.05. The Bertz CT molecular complexity index is 796. The quantitative estimate of drug-likeness (QED) is 0.579. The van der Waals surface area contributed by atoms with E-state index in [9.17, 15) is 4.79 Å². The molecule has 1 aromatic heterocycles. The Morgan fingerprint density at radius 1 is 1.31 bits per heavy atom. The smallest absolute Gasteiger partial charge is 0.234 e. The molecule has 3 rings (SSSR count). The van der Waals surface area contributed by atoms with Crippen LogP contribution >= 0.6 is 23.5 Å². The summed E-state index contributed by atoms with van der Waals surface area (Å²) >= 11 is 3.31. The second kappa shape index (κ2) is 8.31. The maximum absolute atomic E-state index is 12.3. The van der Waals surface area contributed by atoms with Crippen molar-refractivity contribution in [3.63, 3.8) is 0 Å². The van der Waals surface area contributed by atoms with Crippen LogP contribution in [0.3, 0.4) is 0 Å². The topological polar surface area (TPSA) is 64.1 Å². The van der Waals surface area contributed by atoms with Crippen molar-refractivity contribution >= 4 is 35.1 Å². The van der Waals surface area contributed by atoms with Gasteiger partial charge in [-0.2, -0.15) is 0 Å². The number of rotatable bonds is 6. The van der Waals surface area contributed by atoms with E-state index in [0.717, 1.165) is 33.7 Å². The van der Waals surface area contributed by atoms with Crippen LogP contribution < -0.4 is 10.1 Å². The predicted octanol–water partition coefficient (Wildman–Crippen LogP) is 4.51. The highest BCUT2D eigenvalue weighted by Crippen LogP contribution is 2.48. The van der Waals surface area contributed by atoms with E-state index in [1.54, 1.807) is 7.11 Å². The largest absolute Gasteiger partial charge is 0.497 e. The van der Waals surface area contributed by atoms with Crippen LogP contribution in [0, 0.1) is 6.92 Å². The minimum atomic E-state index is -0.0445. The number of anilines is 1. The Kier molecular flexibility index (Phi) is 6.09. The number of carbonyl (C=O) groups excluding carboxylic acids is 1. The number of benzene rings is 1. The van der Waals surface area contributed by atoms with Gasteiger partial charge in [-0.05, 0) is 37.6 Å². The number of fused-ring (bicyclic) bond motifs is 1. The van der Waals surface area contributed by atoms with Gasteiger partial charge in [0.2, 0.25) is 5.91 Å². The number of carbonyl (C=O) groups is 1. The third-order valence-electron chi connectivity index (χ3n) is 4.38. The number of aryl methyl sites for hydroxylation is 1. The summed E-state index contributed by atoms with van der Waals surface area (Å²) in [6.45, 7) is 6.34. The van der Waals surface area contributed by atoms with E-state index in [1.807, 2.05) is 43.0 Å². The fourth-order valence-electron chi connectivity index (χ4n) is 3.08. The zero-order valence-corrected chi connectivity index (χ0v) is 17.0. The molecule has 1 aliphatic heterocycles. The minimum Gasteiger partial charge on any atom is -0.497 e. The van der Waals surface area contributed by atoms with Crippen LogP contribution in [0.4, 0.5) is 5.69 Å². The van der Waals surface area contributed by atoms with Crippen molar-refractivity contribution < 1.29 is 9.53 Å². The molecule has 0 saturated heterocycles. The molecule has 138 valence electrons. The summed E-state index contributed by atoms with van der Waals surface area (Å²) in [7, 11) is 1.62. The highest BCUT2D eigenvalue weighted by atomic mass is 32.2. The number of hydrogen-bond donors (Lipinski definition) is 1. The zero-order valence-electron chi connectivity index (χ0n) is 15.4. The molecule has 1 N–H and O–H groups in total. The van der Waals surface area contributed by atoms with Crippen molar-refractivity contribution in [2.45, 2.75) is 48.4 Å². The molecule has 0 unspecified atom stereocenters. The lowest BCUT2D eigenvalue weighted by molar-refractivity contribution is -0.113. The van der Waals surface area contributed by atoms with Crippen LogP contribution in [0.1, 0.15) is 37.6 Å². The van der Waals surface area contributed by atoms with E-state index in [2.05, 4.69) is 29.1 Å². The highest BCUT2D eigenvalue weighted by molar-refractivity contribution is 8.01. The van der Waals surface area contributed by atoms with Gasteiger partial charge in [0.25, 0.3) is 0 Å². The van der Waals surface area contributed by atoms with Gasteiger partial charge in [0.1, 0.15) is 21.6 Å². The lowest BCUT2D eigenvalue weighted by Crippen LogP contribution is -2.15. The van der Waals surface area contributed by atoms with Gasteiger partial charge in [0.05, 0.1) is 12.9 Å². The highest BCUT2D eigenvalue weighted by Gasteiger charge is 2.33. The van der Waals surface area contributed by atoms with Crippen molar-refractivity contribution in [1.82, 2.24) is 9.97 Å². The number of aromatic nitrogens is 2. The van der Waals surface area contributed by atoms with Gasteiger partial charge in [-0.15, -0.1) is 11.8 Å². The Balaban J connectivity index is 1.69.